The van der Waals surface area contributed by atoms with Crippen LogP contribution in [0.2, 0.25) is 10.0 Å². The average molecular weight is 441 g/mol. The van der Waals surface area contributed by atoms with Crippen molar-refractivity contribution in [1.29, 1.82) is 0 Å². The Labute approximate surface area is 174 Å². The van der Waals surface area contributed by atoms with Crippen molar-refractivity contribution in [3.8, 4) is 5.75 Å². The predicted molar refractivity (Wildman–Crippen MR) is 104 cm³/mol. The number of hydrogen-bond acceptors (Lipinski definition) is 6. The molecule has 2 aromatic carbocycles. The summed E-state index contributed by atoms with van der Waals surface area (Å²) < 4.78 is 5.07. The SMILES string of the molecule is O=C(CNC(=O)c1ccc(Cl)cc1Cl)NNC(=O)COc1ccccc1[N+](=O)[O-]. The standard InChI is InChI=1S/C17H14Cl2N4O6/c18-10-5-6-11(12(19)7-10)17(26)20-8-15(24)21-22-16(25)9-29-14-4-2-1-3-13(14)23(27)28/h1-7H,8-9H2,(H,20,26)(H,21,24)(H,22,25). The summed E-state index contributed by atoms with van der Waals surface area (Å²) >= 11 is 11.6. The molecule has 3 amide bonds. The monoisotopic (exact) mass is 440 g/mol. The highest BCUT2D eigenvalue weighted by Gasteiger charge is 2.16. The van der Waals surface area contributed by atoms with E-state index in [1.165, 1.54) is 42.5 Å². The number of halogens is 2. The number of para-hydroxylation sites is 2. The zero-order valence-electron chi connectivity index (χ0n) is 14.6. The van der Waals surface area contributed by atoms with Gasteiger partial charge in [0.05, 0.1) is 22.1 Å². The van der Waals surface area contributed by atoms with E-state index in [0.717, 1.165) is 0 Å². The number of nitrogens with zero attached hydrogens (tertiary/aromatic N) is 1. The van der Waals surface area contributed by atoms with Gasteiger partial charge < -0.3 is 10.1 Å². The van der Waals surface area contributed by atoms with E-state index in [1.54, 1.807) is 0 Å². The molecule has 0 saturated carbocycles. The number of nitro benzene ring substituents is 1. The van der Waals surface area contributed by atoms with E-state index in [0.29, 0.717) is 5.02 Å². The molecule has 0 aliphatic rings. The zero-order valence-corrected chi connectivity index (χ0v) is 16.1. The Morgan fingerprint density at radius 3 is 2.41 bits per heavy atom. The smallest absolute Gasteiger partial charge is 0.310 e. The van der Waals surface area contributed by atoms with Gasteiger partial charge in [0.1, 0.15) is 0 Å². The molecular weight excluding hydrogens is 427 g/mol. The third kappa shape index (κ3) is 6.63. The summed E-state index contributed by atoms with van der Waals surface area (Å²) in [6.07, 6.45) is 0. The Hall–Kier alpha value is -3.37. The lowest BCUT2D eigenvalue weighted by Gasteiger charge is -2.10. The second kappa shape index (κ2) is 10.2. The van der Waals surface area contributed by atoms with Gasteiger partial charge in [-0.3, -0.25) is 35.3 Å². The Kier molecular flexibility index (Phi) is 7.75. The number of hydrogen-bond donors (Lipinski definition) is 3. The van der Waals surface area contributed by atoms with Crippen molar-refractivity contribution in [1.82, 2.24) is 16.2 Å². The highest BCUT2D eigenvalue weighted by Crippen LogP contribution is 2.25. The van der Waals surface area contributed by atoms with Gasteiger partial charge in [-0.05, 0) is 24.3 Å². The van der Waals surface area contributed by atoms with Crippen molar-refractivity contribution < 1.29 is 24.0 Å². The lowest BCUT2D eigenvalue weighted by atomic mass is 10.2. The molecule has 152 valence electrons. The molecule has 0 fully saturated rings. The maximum atomic E-state index is 12.0. The number of carbonyl (C=O) groups is 3. The van der Waals surface area contributed by atoms with Crippen LogP contribution in [0.1, 0.15) is 10.4 Å². The lowest BCUT2D eigenvalue weighted by molar-refractivity contribution is -0.385. The first kappa shape index (κ1) is 21.9. The van der Waals surface area contributed by atoms with Gasteiger partial charge >= 0.3 is 5.69 Å². The van der Waals surface area contributed by atoms with Crippen molar-refractivity contribution >= 4 is 46.6 Å². The minimum atomic E-state index is -0.761. The quantitative estimate of drug-likeness (QED) is 0.443. The molecule has 0 bridgehead atoms. The van der Waals surface area contributed by atoms with Crippen molar-refractivity contribution in [2.75, 3.05) is 13.2 Å². The van der Waals surface area contributed by atoms with Crippen molar-refractivity contribution in [3.63, 3.8) is 0 Å². The molecule has 0 aliphatic heterocycles. The minimum absolute atomic E-state index is 0.0916. The van der Waals surface area contributed by atoms with Crippen molar-refractivity contribution in [2.45, 2.75) is 0 Å². The van der Waals surface area contributed by atoms with Crippen LogP contribution >= 0.6 is 23.2 Å². The fourth-order valence-corrected chi connectivity index (χ4v) is 2.52. The summed E-state index contributed by atoms with van der Waals surface area (Å²) in [5, 5.41) is 13.7. The maximum absolute atomic E-state index is 12.0. The van der Waals surface area contributed by atoms with E-state index in [4.69, 9.17) is 27.9 Å². The number of benzene rings is 2. The van der Waals surface area contributed by atoms with Crippen LogP contribution in [0.4, 0.5) is 5.69 Å². The highest BCUT2D eigenvalue weighted by molar-refractivity contribution is 6.36. The fraction of sp³-hybridized carbons (Fsp3) is 0.118. The minimum Gasteiger partial charge on any atom is -0.477 e. The van der Waals surface area contributed by atoms with Crippen LogP contribution in [-0.2, 0) is 9.59 Å². The number of rotatable bonds is 7. The van der Waals surface area contributed by atoms with Crippen LogP contribution in [0.5, 0.6) is 5.75 Å². The highest BCUT2D eigenvalue weighted by atomic mass is 35.5. The Bertz CT molecular complexity index is 953. The average Bonchev–Trinajstić information content (AvgIpc) is 2.69. The summed E-state index contributed by atoms with van der Waals surface area (Å²) in [4.78, 5) is 45.6. The van der Waals surface area contributed by atoms with Crippen LogP contribution in [0.15, 0.2) is 42.5 Å². The molecule has 0 aromatic heterocycles. The van der Waals surface area contributed by atoms with Crippen LogP contribution in [-0.4, -0.2) is 35.8 Å². The number of nitrogens with one attached hydrogen (secondary N) is 3. The first-order valence-electron chi connectivity index (χ1n) is 7.95. The zero-order chi connectivity index (χ0) is 21.4. The molecule has 0 atom stereocenters. The molecule has 0 aliphatic carbocycles. The topological polar surface area (TPSA) is 140 Å². The number of ether oxygens (including phenoxy) is 1. The Morgan fingerprint density at radius 2 is 1.72 bits per heavy atom. The van der Waals surface area contributed by atoms with Crippen LogP contribution < -0.4 is 20.9 Å². The molecule has 0 radical (unpaired) electrons. The van der Waals surface area contributed by atoms with Gasteiger partial charge in [-0.1, -0.05) is 35.3 Å². The summed E-state index contributed by atoms with van der Waals surface area (Å²) in [5.41, 5.74) is 3.95. The normalized spacial score (nSPS) is 10.0. The fourth-order valence-electron chi connectivity index (χ4n) is 2.02. The third-order valence-electron chi connectivity index (χ3n) is 3.35. The van der Waals surface area contributed by atoms with Gasteiger partial charge in [-0.25, -0.2) is 0 Å². The van der Waals surface area contributed by atoms with E-state index < -0.39 is 35.8 Å². The number of hydrazine groups is 1. The maximum Gasteiger partial charge on any atom is 0.310 e. The van der Waals surface area contributed by atoms with E-state index in [1.807, 2.05) is 0 Å². The van der Waals surface area contributed by atoms with Gasteiger partial charge in [0.2, 0.25) is 0 Å². The molecule has 12 heteroatoms. The van der Waals surface area contributed by atoms with E-state index in [9.17, 15) is 24.5 Å². The molecule has 2 rings (SSSR count). The van der Waals surface area contributed by atoms with E-state index >= 15 is 0 Å². The van der Waals surface area contributed by atoms with Gasteiger partial charge in [0, 0.05) is 11.1 Å². The largest absolute Gasteiger partial charge is 0.477 e. The molecule has 2 aromatic rings. The molecular formula is C17H14Cl2N4O6. The number of amides is 3. The molecule has 0 heterocycles. The van der Waals surface area contributed by atoms with Crippen molar-refractivity contribution in [2.24, 2.45) is 0 Å². The van der Waals surface area contributed by atoms with Crippen LogP contribution in [0.3, 0.4) is 0 Å². The van der Waals surface area contributed by atoms with E-state index in [-0.39, 0.29) is 22.0 Å². The summed E-state index contributed by atoms with van der Waals surface area (Å²) in [6.45, 7) is -1.01. The summed E-state index contributed by atoms with van der Waals surface area (Å²) in [7, 11) is 0. The van der Waals surface area contributed by atoms with Gasteiger partial charge in [-0.2, -0.15) is 0 Å². The second-order valence-corrected chi connectivity index (χ2v) is 6.26. The molecule has 0 spiro atoms. The second-order valence-electron chi connectivity index (χ2n) is 5.42. The van der Waals surface area contributed by atoms with Gasteiger partial charge in [0.25, 0.3) is 17.7 Å². The summed E-state index contributed by atoms with van der Waals surface area (Å²) in [5.74, 6) is -2.18. The Balaban J connectivity index is 1.75. The van der Waals surface area contributed by atoms with Gasteiger partial charge in [0.15, 0.2) is 12.4 Å². The number of nitro groups is 1. The summed E-state index contributed by atoms with van der Waals surface area (Å²) in [6, 6.07) is 9.79. The number of carbonyl (C=O) groups excluding carboxylic acids is 3. The lowest BCUT2D eigenvalue weighted by Crippen LogP contribution is -2.47. The first-order chi connectivity index (χ1) is 13.8. The third-order valence-corrected chi connectivity index (χ3v) is 3.90. The van der Waals surface area contributed by atoms with Gasteiger partial charge in [-0.15, -0.1) is 0 Å². The van der Waals surface area contributed by atoms with Crippen LogP contribution in [0, 0.1) is 10.1 Å². The Morgan fingerprint density at radius 1 is 1.03 bits per heavy atom. The van der Waals surface area contributed by atoms with Crippen molar-refractivity contribution in [3.05, 3.63) is 68.2 Å². The molecule has 3 N–H and O–H groups in total. The van der Waals surface area contributed by atoms with E-state index in [2.05, 4.69) is 16.2 Å². The molecule has 0 saturated heterocycles. The predicted octanol–water partition coefficient (Wildman–Crippen LogP) is 1.86. The van der Waals surface area contributed by atoms with Crippen LogP contribution in [0.25, 0.3) is 0 Å². The first-order valence-corrected chi connectivity index (χ1v) is 8.70. The molecule has 10 nitrogen and oxygen atoms in total. The molecule has 0 unspecified atom stereocenters. The molecule has 29 heavy (non-hydrogen) atoms.